The highest BCUT2D eigenvalue weighted by Crippen LogP contribution is 1.99. The molecule has 0 rings (SSSR count). The van der Waals surface area contributed by atoms with Gasteiger partial charge in [-0.2, -0.15) is 0 Å². The smallest absolute Gasteiger partial charge is 0.222 e. The van der Waals surface area contributed by atoms with Gasteiger partial charge in [0.1, 0.15) is 0 Å². The average molecular weight is 229 g/mol. The van der Waals surface area contributed by atoms with Crippen LogP contribution in [0, 0.1) is 5.92 Å². The van der Waals surface area contributed by atoms with Crippen molar-refractivity contribution in [2.45, 2.75) is 39.7 Å². The number of amides is 1. The summed E-state index contributed by atoms with van der Waals surface area (Å²) >= 11 is 0. The number of carbonyl (C=O) groups is 1. The number of hydrogen-bond acceptors (Lipinski definition) is 3. The standard InChI is InChI=1S/C12H27N3O/c1-10(2)15(4)9-5-8-14-12(16)11(3)6-7-13/h10-11H,5-9,13H2,1-4H3,(H,14,16). The van der Waals surface area contributed by atoms with Gasteiger partial charge in [0.2, 0.25) is 5.91 Å². The second-order valence-corrected chi connectivity index (χ2v) is 4.70. The van der Waals surface area contributed by atoms with Crippen molar-refractivity contribution in [1.29, 1.82) is 0 Å². The maximum Gasteiger partial charge on any atom is 0.222 e. The summed E-state index contributed by atoms with van der Waals surface area (Å²) in [5, 5.41) is 2.94. The number of carbonyl (C=O) groups excluding carboxylic acids is 1. The maximum absolute atomic E-state index is 11.5. The van der Waals surface area contributed by atoms with Crippen LogP contribution in [0.25, 0.3) is 0 Å². The van der Waals surface area contributed by atoms with Gasteiger partial charge in [0.05, 0.1) is 0 Å². The zero-order valence-electron chi connectivity index (χ0n) is 11.1. The third-order valence-electron chi connectivity index (χ3n) is 2.92. The third kappa shape index (κ3) is 6.80. The summed E-state index contributed by atoms with van der Waals surface area (Å²) in [5.74, 6) is 0.158. The quantitative estimate of drug-likeness (QED) is 0.606. The fraction of sp³-hybridized carbons (Fsp3) is 0.917. The fourth-order valence-corrected chi connectivity index (χ4v) is 1.35. The van der Waals surface area contributed by atoms with Crippen molar-refractivity contribution in [1.82, 2.24) is 10.2 Å². The number of nitrogens with two attached hydrogens (primary N) is 1. The molecular formula is C12H27N3O. The normalized spacial score (nSPS) is 13.2. The summed E-state index contributed by atoms with van der Waals surface area (Å²) in [6.07, 6.45) is 1.76. The first-order valence-corrected chi connectivity index (χ1v) is 6.17. The Hall–Kier alpha value is -0.610. The molecule has 16 heavy (non-hydrogen) atoms. The Kier molecular flexibility index (Phi) is 8.21. The van der Waals surface area contributed by atoms with Crippen molar-refractivity contribution in [3.63, 3.8) is 0 Å². The number of hydrogen-bond donors (Lipinski definition) is 2. The molecule has 0 spiro atoms. The summed E-state index contributed by atoms with van der Waals surface area (Å²) in [4.78, 5) is 13.8. The molecule has 1 amide bonds. The highest BCUT2D eigenvalue weighted by Gasteiger charge is 2.10. The first-order valence-electron chi connectivity index (χ1n) is 6.17. The lowest BCUT2D eigenvalue weighted by Gasteiger charge is -2.21. The molecule has 4 nitrogen and oxygen atoms in total. The van der Waals surface area contributed by atoms with Crippen molar-refractivity contribution < 1.29 is 4.79 Å². The van der Waals surface area contributed by atoms with Gasteiger partial charge in [-0.15, -0.1) is 0 Å². The van der Waals surface area contributed by atoms with Crippen LogP contribution in [0.4, 0.5) is 0 Å². The Bertz CT molecular complexity index is 195. The number of rotatable bonds is 8. The molecule has 1 atom stereocenters. The van der Waals surface area contributed by atoms with E-state index in [0.717, 1.165) is 25.9 Å². The van der Waals surface area contributed by atoms with Gasteiger partial charge in [0.15, 0.2) is 0 Å². The molecule has 0 aromatic carbocycles. The van der Waals surface area contributed by atoms with Crippen LogP contribution >= 0.6 is 0 Å². The second-order valence-electron chi connectivity index (χ2n) is 4.70. The lowest BCUT2D eigenvalue weighted by Crippen LogP contribution is -2.34. The van der Waals surface area contributed by atoms with Gasteiger partial charge in [-0.25, -0.2) is 0 Å². The summed E-state index contributed by atoms with van der Waals surface area (Å²) in [7, 11) is 2.10. The summed E-state index contributed by atoms with van der Waals surface area (Å²) in [6.45, 7) is 8.60. The van der Waals surface area contributed by atoms with Crippen LogP contribution in [0.5, 0.6) is 0 Å². The molecule has 4 heteroatoms. The van der Waals surface area contributed by atoms with Gasteiger partial charge in [0.25, 0.3) is 0 Å². The van der Waals surface area contributed by atoms with Crippen LogP contribution < -0.4 is 11.1 Å². The van der Waals surface area contributed by atoms with Crippen LogP contribution in [-0.2, 0) is 4.79 Å². The molecule has 0 radical (unpaired) electrons. The van der Waals surface area contributed by atoms with Gasteiger partial charge in [0, 0.05) is 18.5 Å². The fourth-order valence-electron chi connectivity index (χ4n) is 1.35. The minimum Gasteiger partial charge on any atom is -0.356 e. The summed E-state index contributed by atoms with van der Waals surface area (Å²) < 4.78 is 0. The van der Waals surface area contributed by atoms with Gasteiger partial charge < -0.3 is 16.0 Å². The predicted octanol–water partition coefficient (Wildman–Crippen LogP) is 0.818. The predicted molar refractivity (Wildman–Crippen MR) is 68.2 cm³/mol. The van der Waals surface area contributed by atoms with E-state index in [9.17, 15) is 4.79 Å². The molecule has 1 unspecified atom stereocenters. The van der Waals surface area contributed by atoms with Crippen molar-refractivity contribution in [2.24, 2.45) is 11.7 Å². The summed E-state index contributed by atoms with van der Waals surface area (Å²) in [6, 6.07) is 0.562. The van der Waals surface area contributed by atoms with Crippen LogP contribution in [0.2, 0.25) is 0 Å². The molecule has 0 aliphatic rings. The second kappa shape index (κ2) is 8.53. The Morgan fingerprint density at radius 2 is 2.00 bits per heavy atom. The Morgan fingerprint density at radius 3 is 2.50 bits per heavy atom. The Balaban J connectivity index is 3.55. The molecule has 0 bridgehead atoms. The van der Waals surface area contributed by atoms with E-state index in [1.807, 2.05) is 6.92 Å². The molecule has 3 N–H and O–H groups in total. The van der Waals surface area contributed by atoms with E-state index in [2.05, 4.69) is 31.1 Å². The topological polar surface area (TPSA) is 58.4 Å². The lowest BCUT2D eigenvalue weighted by molar-refractivity contribution is -0.124. The van der Waals surface area contributed by atoms with Crippen LogP contribution in [-0.4, -0.2) is 43.5 Å². The zero-order chi connectivity index (χ0) is 12.6. The van der Waals surface area contributed by atoms with Crippen molar-refractivity contribution >= 4 is 5.91 Å². The van der Waals surface area contributed by atoms with E-state index in [1.165, 1.54) is 0 Å². The highest BCUT2D eigenvalue weighted by atomic mass is 16.1. The van der Waals surface area contributed by atoms with E-state index < -0.39 is 0 Å². The molecule has 0 aliphatic heterocycles. The number of nitrogens with zero attached hydrogens (tertiary/aromatic N) is 1. The molecule has 0 aliphatic carbocycles. The van der Waals surface area contributed by atoms with Gasteiger partial charge in [-0.3, -0.25) is 4.79 Å². The van der Waals surface area contributed by atoms with E-state index in [0.29, 0.717) is 12.6 Å². The van der Waals surface area contributed by atoms with Crippen molar-refractivity contribution in [2.75, 3.05) is 26.7 Å². The minimum absolute atomic E-state index is 0.0350. The largest absolute Gasteiger partial charge is 0.356 e. The van der Waals surface area contributed by atoms with Crippen LogP contribution in [0.15, 0.2) is 0 Å². The first-order chi connectivity index (χ1) is 7.49. The van der Waals surface area contributed by atoms with E-state index >= 15 is 0 Å². The molecule has 0 saturated heterocycles. The summed E-state index contributed by atoms with van der Waals surface area (Å²) in [5.41, 5.74) is 5.41. The van der Waals surface area contributed by atoms with Gasteiger partial charge in [-0.05, 0) is 46.8 Å². The van der Waals surface area contributed by atoms with E-state index in [-0.39, 0.29) is 11.8 Å². The average Bonchev–Trinajstić information content (AvgIpc) is 2.23. The molecule has 0 fully saturated rings. The lowest BCUT2D eigenvalue weighted by atomic mass is 10.1. The van der Waals surface area contributed by atoms with Gasteiger partial charge >= 0.3 is 0 Å². The highest BCUT2D eigenvalue weighted by molar-refractivity contribution is 5.78. The van der Waals surface area contributed by atoms with Crippen molar-refractivity contribution in [3.05, 3.63) is 0 Å². The number of nitrogens with one attached hydrogen (secondary N) is 1. The molecule has 0 heterocycles. The molecule has 0 aromatic rings. The zero-order valence-corrected chi connectivity index (χ0v) is 11.1. The van der Waals surface area contributed by atoms with E-state index in [1.54, 1.807) is 0 Å². The Labute approximate surface area is 99.6 Å². The van der Waals surface area contributed by atoms with Crippen molar-refractivity contribution in [3.8, 4) is 0 Å². The van der Waals surface area contributed by atoms with Crippen LogP contribution in [0.1, 0.15) is 33.6 Å². The van der Waals surface area contributed by atoms with Gasteiger partial charge in [-0.1, -0.05) is 6.92 Å². The van der Waals surface area contributed by atoms with Crippen LogP contribution in [0.3, 0.4) is 0 Å². The molecular weight excluding hydrogens is 202 g/mol. The first kappa shape index (κ1) is 15.4. The minimum atomic E-state index is 0.0350. The molecule has 0 aromatic heterocycles. The maximum atomic E-state index is 11.5. The monoisotopic (exact) mass is 229 g/mol. The molecule has 96 valence electrons. The van der Waals surface area contributed by atoms with E-state index in [4.69, 9.17) is 5.73 Å². The Morgan fingerprint density at radius 1 is 1.38 bits per heavy atom. The molecule has 0 saturated carbocycles. The third-order valence-corrected chi connectivity index (χ3v) is 2.92. The SMILES string of the molecule is CC(CCN)C(=O)NCCCN(C)C(C)C.